The molecule has 0 aliphatic carbocycles. The van der Waals surface area contributed by atoms with Crippen LogP contribution in [0.1, 0.15) is 13.8 Å². The number of carbonyl (C=O) groups is 1. The van der Waals surface area contributed by atoms with E-state index in [1.807, 2.05) is 0 Å². The summed E-state index contributed by atoms with van der Waals surface area (Å²) < 4.78 is 24.4. The summed E-state index contributed by atoms with van der Waals surface area (Å²) in [6.07, 6.45) is 1.02. The molecule has 0 heterocycles. The van der Waals surface area contributed by atoms with Crippen LogP contribution in [0.15, 0.2) is 18.2 Å². The van der Waals surface area contributed by atoms with Crippen LogP contribution in [-0.2, 0) is 14.8 Å². The summed E-state index contributed by atoms with van der Waals surface area (Å²) in [5.41, 5.74) is 5.31. The van der Waals surface area contributed by atoms with Crippen molar-refractivity contribution in [3.8, 4) is 0 Å². The molecule has 0 aromatic heterocycles. The summed E-state index contributed by atoms with van der Waals surface area (Å²) in [6.45, 7) is 3.15. The van der Waals surface area contributed by atoms with Crippen molar-refractivity contribution in [2.75, 3.05) is 16.3 Å². The van der Waals surface area contributed by atoms with Crippen molar-refractivity contribution in [2.45, 2.75) is 19.4 Å². The van der Waals surface area contributed by atoms with E-state index in [9.17, 15) is 13.2 Å². The van der Waals surface area contributed by atoms with Gasteiger partial charge in [0.15, 0.2) is 0 Å². The van der Waals surface area contributed by atoms with Crippen molar-refractivity contribution in [1.29, 1.82) is 0 Å². The van der Waals surface area contributed by atoms with Gasteiger partial charge in [-0.3, -0.25) is 9.52 Å². The number of nitrogens with one attached hydrogen (secondary N) is 2. The molecule has 4 N–H and O–H groups in total. The number of benzene rings is 1. The molecule has 0 unspecified atom stereocenters. The van der Waals surface area contributed by atoms with Crippen molar-refractivity contribution in [3.05, 3.63) is 23.2 Å². The first-order chi connectivity index (χ1) is 8.49. The molecular formula is C11H16ClN3O3S. The van der Waals surface area contributed by atoms with E-state index in [1.165, 1.54) is 18.2 Å². The molecule has 8 heteroatoms. The Hall–Kier alpha value is -1.31. The normalized spacial score (nSPS) is 12.1. The number of hydrogen-bond acceptors (Lipinski definition) is 4. The predicted molar refractivity (Wildman–Crippen MR) is 76.8 cm³/mol. The lowest BCUT2D eigenvalue weighted by Gasteiger charge is -2.18. The Kier molecular flexibility index (Phi) is 4.44. The second-order valence-electron chi connectivity index (χ2n) is 4.74. The van der Waals surface area contributed by atoms with Crippen LogP contribution in [0.3, 0.4) is 0 Å². The maximum atomic E-state index is 11.7. The average molecular weight is 306 g/mol. The Morgan fingerprint density at radius 3 is 2.37 bits per heavy atom. The van der Waals surface area contributed by atoms with Crippen molar-refractivity contribution in [3.63, 3.8) is 0 Å². The van der Waals surface area contributed by atoms with Gasteiger partial charge in [0.05, 0.1) is 22.5 Å². The molecule has 0 aliphatic heterocycles. The number of hydrogen-bond donors (Lipinski definition) is 3. The highest BCUT2D eigenvalue weighted by Gasteiger charge is 2.22. The quantitative estimate of drug-likeness (QED) is 0.782. The predicted octanol–water partition coefficient (Wildman–Crippen LogP) is 1.39. The number of halogens is 1. The van der Waals surface area contributed by atoms with Crippen molar-refractivity contribution >= 4 is 38.9 Å². The Morgan fingerprint density at radius 1 is 1.37 bits per heavy atom. The lowest BCUT2D eigenvalue weighted by Crippen LogP contribution is -2.45. The highest BCUT2D eigenvalue weighted by atomic mass is 35.5. The number of carbonyl (C=O) groups excluding carboxylic acids is 1. The minimum Gasteiger partial charge on any atom is -0.324 e. The fourth-order valence-electron chi connectivity index (χ4n) is 1.17. The molecule has 0 atom stereocenters. The number of amides is 1. The number of rotatable bonds is 4. The van der Waals surface area contributed by atoms with Gasteiger partial charge in [0.25, 0.3) is 0 Å². The molecule has 1 rings (SSSR count). The van der Waals surface area contributed by atoms with Crippen molar-refractivity contribution < 1.29 is 13.2 Å². The Bertz CT molecular complexity index is 594. The van der Waals surface area contributed by atoms with E-state index < -0.39 is 15.6 Å². The zero-order chi connectivity index (χ0) is 14.8. The monoisotopic (exact) mass is 305 g/mol. The fourth-order valence-corrected chi connectivity index (χ4v) is 2.03. The molecular weight excluding hydrogens is 290 g/mol. The number of nitrogens with two attached hydrogens (primary N) is 1. The second-order valence-corrected chi connectivity index (χ2v) is 6.90. The SMILES string of the molecule is CC(C)(N)C(=O)Nc1ccc(NS(C)(=O)=O)c(Cl)c1. The molecule has 0 spiro atoms. The van der Waals surface area contributed by atoms with Gasteiger partial charge in [0, 0.05) is 5.69 Å². The number of sulfonamides is 1. The van der Waals surface area contributed by atoms with Crippen LogP contribution in [0, 0.1) is 0 Å². The Balaban J connectivity index is 2.92. The molecule has 6 nitrogen and oxygen atoms in total. The van der Waals surface area contributed by atoms with Gasteiger partial charge in [-0.05, 0) is 32.0 Å². The summed E-state index contributed by atoms with van der Waals surface area (Å²) in [7, 11) is -3.40. The highest BCUT2D eigenvalue weighted by molar-refractivity contribution is 7.92. The van der Waals surface area contributed by atoms with E-state index in [4.69, 9.17) is 17.3 Å². The van der Waals surface area contributed by atoms with Crippen LogP contribution in [0.25, 0.3) is 0 Å². The third-order valence-corrected chi connectivity index (χ3v) is 3.01. The molecule has 0 saturated carbocycles. The first kappa shape index (κ1) is 15.7. The summed E-state index contributed by atoms with van der Waals surface area (Å²) in [5, 5.41) is 2.77. The topological polar surface area (TPSA) is 101 Å². The Labute approximate surface area is 117 Å². The summed E-state index contributed by atoms with van der Waals surface area (Å²) in [5.74, 6) is -0.368. The second kappa shape index (κ2) is 5.36. The van der Waals surface area contributed by atoms with E-state index in [1.54, 1.807) is 13.8 Å². The number of anilines is 2. The summed E-state index contributed by atoms with van der Waals surface area (Å²) >= 11 is 5.92. The van der Waals surface area contributed by atoms with Crippen molar-refractivity contribution in [1.82, 2.24) is 0 Å². The lowest BCUT2D eigenvalue weighted by atomic mass is 10.1. The average Bonchev–Trinajstić information content (AvgIpc) is 2.19. The smallest absolute Gasteiger partial charge is 0.243 e. The minimum atomic E-state index is -3.40. The highest BCUT2D eigenvalue weighted by Crippen LogP contribution is 2.26. The van der Waals surface area contributed by atoms with Gasteiger partial charge in [-0.2, -0.15) is 0 Å². The molecule has 0 aliphatic rings. The van der Waals surface area contributed by atoms with Crippen LogP contribution in [-0.4, -0.2) is 26.1 Å². The van der Waals surface area contributed by atoms with Gasteiger partial charge < -0.3 is 11.1 Å². The molecule has 1 amide bonds. The summed E-state index contributed by atoms with van der Waals surface area (Å²) in [4.78, 5) is 11.7. The molecule has 19 heavy (non-hydrogen) atoms. The third-order valence-electron chi connectivity index (χ3n) is 2.11. The van der Waals surface area contributed by atoms with Crippen LogP contribution in [0.5, 0.6) is 0 Å². The first-order valence-electron chi connectivity index (χ1n) is 5.37. The summed E-state index contributed by atoms with van der Waals surface area (Å²) in [6, 6.07) is 4.43. The molecule has 1 aromatic rings. The molecule has 0 bridgehead atoms. The molecule has 0 radical (unpaired) electrons. The van der Waals surface area contributed by atoms with E-state index in [0.717, 1.165) is 6.26 Å². The molecule has 106 valence electrons. The molecule has 0 fully saturated rings. The van der Waals surface area contributed by atoms with Crippen LogP contribution in [0.4, 0.5) is 11.4 Å². The van der Waals surface area contributed by atoms with E-state index >= 15 is 0 Å². The third kappa shape index (κ3) is 5.06. The van der Waals surface area contributed by atoms with Crippen LogP contribution < -0.4 is 15.8 Å². The molecule has 1 aromatic carbocycles. The fraction of sp³-hybridized carbons (Fsp3) is 0.364. The van der Waals surface area contributed by atoms with E-state index in [0.29, 0.717) is 5.69 Å². The van der Waals surface area contributed by atoms with Gasteiger partial charge in [-0.25, -0.2) is 8.42 Å². The zero-order valence-corrected chi connectivity index (χ0v) is 12.4. The van der Waals surface area contributed by atoms with Crippen LogP contribution in [0.2, 0.25) is 5.02 Å². The van der Waals surface area contributed by atoms with Gasteiger partial charge >= 0.3 is 0 Å². The Morgan fingerprint density at radius 2 is 1.95 bits per heavy atom. The van der Waals surface area contributed by atoms with Gasteiger partial charge in [-0.1, -0.05) is 11.6 Å². The van der Waals surface area contributed by atoms with Gasteiger partial charge in [0.1, 0.15) is 0 Å². The maximum Gasteiger partial charge on any atom is 0.243 e. The standard InChI is InChI=1S/C11H16ClN3O3S/c1-11(2,13)10(16)14-7-4-5-9(8(12)6-7)15-19(3,17)18/h4-6,15H,13H2,1-3H3,(H,14,16). The first-order valence-corrected chi connectivity index (χ1v) is 7.63. The largest absolute Gasteiger partial charge is 0.324 e. The van der Waals surface area contributed by atoms with Gasteiger partial charge in [0.2, 0.25) is 15.9 Å². The van der Waals surface area contributed by atoms with E-state index in [2.05, 4.69) is 10.0 Å². The minimum absolute atomic E-state index is 0.179. The lowest BCUT2D eigenvalue weighted by molar-refractivity contribution is -0.120. The van der Waals surface area contributed by atoms with Crippen LogP contribution >= 0.6 is 11.6 Å². The van der Waals surface area contributed by atoms with Gasteiger partial charge in [-0.15, -0.1) is 0 Å². The van der Waals surface area contributed by atoms with Crippen molar-refractivity contribution in [2.24, 2.45) is 5.73 Å². The van der Waals surface area contributed by atoms with E-state index in [-0.39, 0.29) is 16.6 Å². The maximum absolute atomic E-state index is 11.7. The zero-order valence-electron chi connectivity index (χ0n) is 10.8. The molecule has 0 saturated heterocycles.